The maximum Gasteiger partial charge on any atom is 0.227 e. The second-order valence-electron chi connectivity index (χ2n) is 6.24. The third-order valence-corrected chi connectivity index (χ3v) is 4.70. The Hall–Kier alpha value is -1.88. The van der Waals surface area contributed by atoms with Gasteiger partial charge in [0.05, 0.1) is 0 Å². The minimum Gasteiger partial charge on any atom is -0.352 e. The lowest BCUT2D eigenvalue weighted by Gasteiger charge is -2.31. The highest BCUT2D eigenvalue weighted by molar-refractivity contribution is 5.95. The molecule has 1 aromatic rings. The summed E-state index contributed by atoms with van der Waals surface area (Å²) in [5, 5.41) is 6.20. The minimum atomic E-state index is 0.0459. The van der Waals surface area contributed by atoms with E-state index in [9.17, 15) is 9.59 Å². The first-order valence-corrected chi connectivity index (χ1v) is 8.03. The Morgan fingerprint density at radius 1 is 1.45 bits per heavy atom. The van der Waals surface area contributed by atoms with Crippen LogP contribution in [0.25, 0.3) is 0 Å². The molecule has 5 heteroatoms. The molecule has 0 aromatic heterocycles. The molecule has 1 atom stereocenters. The minimum absolute atomic E-state index is 0.0459. The topological polar surface area (TPSA) is 61.4 Å². The van der Waals surface area contributed by atoms with E-state index >= 15 is 0 Å². The SMILES string of the molecule is CC(C(=O)NCc1cccc(N2CCCC2=O)c1)C1CNC1. The summed E-state index contributed by atoms with van der Waals surface area (Å²) in [6.07, 6.45) is 1.56. The van der Waals surface area contributed by atoms with Crippen LogP contribution < -0.4 is 15.5 Å². The second-order valence-corrected chi connectivity index (χ2v) is 6.24. The van der Waals surface area contributed by atoms with Gasteiger partial charge >= 0.3 is 0 Å². The van der Waals surface area contributed by atoms with E-state index in [0.717, 1.165) is 37.3 Å². The van der Waals surface area contributed by atoms with Crippen LogP contribution in [0.2, 0.25) is 0 Å². The highest BCUT2D eigenvalue weighted by atomic mass is 16.2. The van der Waals surface area contributed by atoms with Gasteiger partial charge in [-0.1, -0.05) is 19.1 Å². The lowest BCUT2D eigenvalue weighted by atomic mass is 9.88. The maximum atomic E-state index is 12.1. The van der Waals surface area contributed by atoms with Crippen LogP contribution in [0.4, 0.5) is 5.69 Å². The summed E-state index contributed by atoms with van der Waals surface area (Å²) in [4.78, 5) is 25.8. The van der Waals surface area contributed by atoms with Crippen molar-refractivity contribution in [3.05, 3.63) is 29.8 Å². The van der Waals surface area contributed by atoms with Crippen LogP contribution in [0, 0.1) is 11.8 Å². The first-order valence-electron chi connectivity index (χ1n) is 8.03. The molecule has 2 fully saturated rings. The van der Waals surface area contributed by atoms with Gasteiger partial charge in [0.1, 0.15) is 0 Å². The van der Waals surface area contributed by atoms with Gasteiger partial charge in [-0.15, -0.1) is 0 Å². The molecule has 2 heterocycles. The van der Waals surface area contributed by atoms with E-state index in [1.807, 2.05) is 36.1 Å². The first kappa shape index (κ1) is 15.0. The van der Waals surface area contributed by atoms with Crippen molar-refractivity contribution in [3.63, 3.8) is 0 Å². The number of nitrogens with one attached hydrogen (secondary N) is 2. The summed E-state index contributed by atoms with van der Waals surface area (Å²) >= 11 is 0. The van der Waals surface area contributed by atoms with E-state index in [1.54, 1.807) is 0 Å². The molecule has 1 unspecified atom stereocenters. The van der Waals surface area contributed by atoms with E-state index in [4.69, 9.17) is 0 Å². The van der Waals surface area contributed by atoms with Crippen molar-refractivity contribution in [3.8, 4) is 0 Å². The van der Waals surface area contributed by atoms with E-state index in [-0.39, 0.29) is 17.7 Å². The Bertz CT molecular complexity index is 569. The Kier molecular flexibility index (Phi) is 4.43. The smallest absolute Gasteiger partial charge is 0.227 e. The standard InChI is InChI=1S/C17H23N3O2/c1-12(14-10-18-11-14)17(22)19-9-13-4-2-5-15(8-13)20-7-3-6-16(20)21/h2,4-5,8,12,14,18H,3,6-7,9-11H2,1H3,(H,19,22). The van der Waals surface area contributed by atoms with Crippen molar-refractivity contribution in [1.29, 1.82) is 0 Å². The molecule has 2 N–H and O–H groups in total. The zero-order valence-electron chi connectivity index (χ0n) is 13.0. The van der Waals surface area contributed by atoms with Gasteiger partial charge in [0.2, 0.25) is 11.8 Å². The average molecular weight is 301 g/mol. The molecule has 0 bridgehead atoms. The largest absolute Gasteiger partial charge is 0.352 e. The molecule has 2 amide bonds. The third-order valence-electron chi connectivity index (χ3n) is 4.70. The third kappa shape index (κ3) is 3.14. The zero-order valence-corrected chi connectivity index (χ0v) is 13.0. The molecule has 3 rings (SSSR count). The lowest BCUT2D eigenvalue weighted by molar-refractivity contribution is -0.126. The van der Waals surface area contributed by atoms with Gasteiger partial charge in [-0.05, 0) is 43.1 Å². The molecule has 0 spiro atoms. The molecule has 2 aliphatic rings. The fourth-order valence-electron chi connectivity index (χ4n) is 2.98. The van der Waals surface area contributed by atoms with Crippen LogP contribution in [0.3, 0.4) is 0 Å². The predicted molar refractivity (Wildman–Crippen MR) is 85.4 cm³/mol. The fourth-order valence-corrected chi connectivity index (χ4v) is 2.98. The monoisotopic (exact) mass is 301 g/mol. The molecule has 5 nitrogen and oxygen atoms in total. The van der Waals surface area contributed by atoms with Crippen LogP contribution in [0.1, 0.15) is 25.3 Å². The summed E-state index contributed by atoms with van der Waals surface area (Å²) in [5.41, 5.74) is 1.97. The summed E-state index contributed by atoms with van der Waals surface area (Å²) < 4.78 is 0. The van der Waals surface area contributed by atoms with Gasteiger partial charge in [0, 0.05) is 31.1 Å². The van der Waals surface area contributed by atoms with Crippen LogP contribution in [-0.4, -0.2) is 31.4 Å². The summed E-state index contributed by atoms with van der Waals surface area (Å²) in [7, 11) is 0. The number of carbonyl (C=O) groups is 2. The van der Waals surface area contributed by atoms with Crippen molar-refractivity contribution in [2.24, 2.45) is 11.8 Å². The number of rotatable bonds is 5. The fraction of sp³-hybridized carbons (Fsp3) is 0.529. The van der Waals surface area contributed by atoms with Gasteiger partial charge in [0.25, 0.3) is 0 Å². The average Bonchev–Trinajstić information content (AvgIpc) is 2.89. The highest BCUT2D eigenvalue weighted by Crippen LogP contribution is 2.22. The van der Waals surface area contributed by atoms with Crippen LogP contribution in [-0.2, 0) is 16.1 Å². The molecule has 1 aromatic carbocycles. The number of nitrogens with zero attached hydrogens (tertiary/aromatic N) is 1. The Labute approximate surface area is 131 Å². The number of amides is 2. The van der Waals surface area contributed by atoms with Gasteiger partial charge in [-0.2, -0.15) is 0 Å². The summed E-state index contributed by atoms with van der Waals surface area (Å²) in [5.74, 6) is 0.791. The Balaban J connectivity index is 1.58. The molecule has 2 saturated heterocycles. The van der Waals surface area contributed by atoms with E-state index in [1.165, 1.54) is 0 Å². The molecule has 22 heavy (non-hydrogen) atoms. The van der Waals surface area contributed by atoms with Gasteiger partial charge < -0.3 is 15.5 Å². The normalized spacial score (nSPS) is 19.9. The van der Waals surface area contributed by atoms with Crippen molar-refractivity contribution in [2.45, 2.75) is 26.3 Å². The van der Waals surface area contributed by atoms with E-state index in [2.05, 4.69) is 10.6 Å². The summed E-state index contributed by atoms with van der Waals surface area (Å²) in [6.45, 7) is 5.15. The first-order chi connectivity index (χ1) is 10.6. The van der Waals surface area contributed by atoms with Crippen molar-refractivity contribution < 1.29 is 9.59 Å². The van der Waals surface area contributed by atoms with Gasteiger partial charge in [0.15, 0.2) is 0 Å². The number of carbonyl (C=O) groups excluding carboxylic acids is 2. The van der Waals surface area contributed by atoms with Crippen LogP contribution in [0.15, 0.2) is 24.3 Å². The number of anilines is 1. The number of hydrogen-bond acceptors (Lipinski definition) is 3. The van der Waals surface area contributed by atoms with Crippen molar-refractivity contribution in [2.75, 3.05) is 24.5 Å². The quantitative estimate of drug-likeness (QED) is 0.861. The van der Waals surface area contributed by atoms with Gasteiger partial charge in [-0.3, -0.25) is 9.59 Å². The highest BCUT2D eigenvalue weighted by Gasteiger charge is 2.28. The molecular weight excluding hydrogens is 278 g/mol. The molecule has 0 radical (unpaired) electrons. The van der Waals surface area contributed by atoms with Crippen molar-refractivity contribution in [1.82, 2.24) is 10.6 Å². The molecule has 0 aliphatic carbocycles. The summed E-state index contributed by atoms with van der Waals surface area (Å²) in [6, 6.07) is 7.89. The number of hydrogen-bond donors (Lipinski definition) is 2. The molecule has 118 valence electrons. The maximum absolute atomic E-state index is 12.1. The van der Waals surface area contributed by atoms with E-state index in [0.29, 0.717) is 18.9 Å². The van der Waals surface area contributed by atoms with E-state index < -0.39 is 0 Å². The Morgan fingerprint density at radius 2 is 2.27 bits per heavy atom. The van der Waals surface area contributed by atoms with Crippen LogP contribution >= 0.6 is 0 Å². The molecular formula is C17H23N3O2. The lowest BCUT2D eigenvalue weighted by Crippen LogP contribution is -2.49. The zero-order chi connectivity index (χ0) is 15.5. The molecule has 2 aliphatic heterocycles. The second kappa shape index (κ2) is 6.48. The van der Waals surface area contributed by atoms with Crippen LogP contribution in [0.5, 0.6) is 0 Å². The van der Waals surface area contributed by atoms with Crippen molar-refractivity contribution >= 4 is 17.5 Å². The Morgan fingerprint density at radius 3 is 2.91 bits per heavy atom. The molecule has 0 saturated carbocycles. The number of benzene rings is 1. The van der Waals surface area contributed by atoms with Gasteiger partial charge in [-0.25, -0.2) is 0 Å². The predicted octanol–water partition coefficient (Wildman–Crippen LogP) is 1.29.